The first-order valence-electron chi connectivity index (χ1n) is 10.6. The van der Waals surface area contributed by atoms with Gasteiger partial charge >= 0.3 is 0 Å². The van der Waals surface area contributed by atoms with Crippen molar-refractivity contribution < 1.29 is 19.2 Å². The summed E-state index contributed by atoms with van der Waals surface area (Å²) in [5.74, 6) is 0.697. The van der Waals surface area contributed by atoms with Gasteiger partial charge in [-0.05, 0) is 48.9 Å². The molecule has 10 heteroatoms. The lowest BCUT2D eigenvalue weighted by Gasteiger charge is -2.13. The molecule has 0 bridgehead atoms. The highest BCUT2D eigenvalue weighted by Crippen LogP contribution is 2.30. The van der Waals surface area contributed by atoms with Crippen molar-refractivity contribution in [3.63, 3.8) is 0 Å². The van der Waals surface area contributed by atoms with Crippen LogP contribution in [0.15, 0.2) is 71.8 Å². The van der Waals surface area contributed by atoms with Crippen molar-refractivity contribution in [3.05, 3.63) is 97.9 Å². The van der Waals surface area contributed by atoms with Gasteiger partial charge in [-0.25, -0.2) is 5.43 Å². The molecular formula is C25H20ClN3O5S. The summed E-state index contributed by atoms with van der Waals surface area (Å²) < 4.78 is 12.4. The van der Waals surface area contributed by atoms with Gasteiger partial charge in [-0.2, -0.15) is 5.10 Å². The van der Waals surface area contributed by atoms with E-state index >= 15 is 0 Å². The van der Waals surface area contributed by atoms with E-state index in [1.165, 1.54) is 29.7 Å². The molecule has 1 aromatic heterocycles. The molecule has 0 aliphatic heterocycles. The first kappa shape index (κ1) is 24.2. The van der Waals surface area contributed by atoms with Gasteiger partial charge in [0.2, 0.25) is 0 Å². The number of hydrogen-bond donors (Lipinski definition) is 1. The topological polar surface area (TPSA) is 103 Å². The molecule has 1 amide bonds. The standard InChI is InChI=1S/C25H20ClN3O5S/c1-2-33-22-11-16(7-9-21(22)34-15-17-5-3-4-6-20(17)26)14-27-28-25(30)24-13-18-12-19(29(31)32)8-10-23(18)35-24/h3-14H,2,15H2,1H3,(H,28,30)/b27-14-. The summed E-state index contributed by atoms with van der Waals surface area (Å²) >= 11 is 7.43. The Morgan fingerprint density at radius 2 is 1.94 bits per heavy atom. The zero-order valence-corrected chi connectivity index (χ0v) is 20.1. The van der Waals surface area contributed by atoms with E-state index in [4.69, 9.17) is 21.1 Å². The predicted molar refractivity (Wildman–Crippen MR) is 137 cm³/mol. The molecule has 0 saturated carbocycles. The van der Waals surface area contributed by atoms with Crippen LogP contribution < -0.4 is 14.9 Å². The molecule has 3 aromatic carbocycles. The Morgan fingerprint density at radius 3 is 2.71 bits per heavy atom. The average molecular weight is 510 g/mol. The second-order valence-electron chi connectivity index (χ2n) is 7.31. The number of hydrazone groups is 1. The molecule has 0 unspecified atom stereocenters. The molecular weight excluding hydrogens is 490 g/mol. The Balaban J connectivity index is 1.43. The lowest BCUT2D eigenvalue weighted by molar-refractivity contribution is -0.384. The number of ether oxygens (including phenoxy) is 2. The Hall–Kier alpha value is -3.95. The van der Waals surface area contributed by atoms with Crippen LogP contribution in [0.1, 0.15) is 27.7 Å². The van der Waals surface area contributed by atoms with Crippen LogP contribution in [0, 0.1) is 10.1 Å². The Bertz CT molecular complexity index is 1420. The number of benzene rings is 3. The molecule has 0 saturated heterocycles. The summed E-state index contributed by atoms with van der Waals surface area (Å²) in [6.07, 6.45) is 1.50. The van der Waals surface area contributed by atoms with Crippen LogP contribution in [0.25, 0.3) is 10.1 Å². The second kappa shape index (κ2) is 11.0. The molecule has 0 radical (unpaired) electrons. The van der Waals surface area contributed by atoms with Gasteiger partial charge in [-0.1, -0.05) is 29.8 Å². The second-order valence-corrected chi connectivity index (χ2v) is 8.80. The molecule has 0 aliphatic rings. The van der Waals surface area contributed by atoms with Crippen molar-refractivity contribution in [1.82, 2.24) is 5.43 Å². The summed E-state index contributed by atoms with van der Waals surface area (Å²) in [6, 6.07) is 18.9. The molecule has 0 fully saturated rings. The van der Waals surface area contributed by atoms with Crippen molar-refractivity contribution in [1.29, 1.82) is 0 Å². The molecule has 178 valence electrons. The van der Waals surface area contributed by atoms with E-state index in [0.29, 0.717) is 45.6 Å². The zero-order chi connectivity index (χ0) is 24.8. The Labute approximate surface area is 209 Å². The van der Waals surface area contributed by atoms with Crippen LogP contribution in [-0.2, 0) is 6.61 Å². The van der Waals surface area contributed by atoms with E-state index in [-0.39, 0.29) is 5.69 Å². The fraction of sp³-hybridized carbons (Fsp3) is 0.120. The summed E-state index contributed by atoms with van der Waals surface area (Å²) in [7, 11) is 0. The molecule has 8 nitrogen and oxygen atoms in total. The van der Waals surface area contributed by atoms with Crippen molar-refractivity contribution in [2.75, 3.05) is 6.61 Å². The van der Waals surface area contributed by atoms with Gasteiger partial charge in [0, 0.05) is 32.8 Å². The number of thiophene rings is 1. The average Bonchev–Trinajstić information content (AvgIpc) is 3.28. The smallest absolute Gasteiger partial charge is 0.281 e. The fourth-order valence-corrected chi connectivity index (χ4v) is 4.36. The molecule has 0 atom stereocenters. The number of amides is 1. The van der Waals surface area contributed by atoms with E-state index in [2.05, 4.69) is 10.5 Å². The maximum absolute atomic E-state index is 12.5. The third kappa shape index (κ3) is 5.95. The van der Waals surface area contributed by atoms with Crippen molar-refractivity contribution in [3.8, 4) is 11.5 Å². The van der Waals surface area contributed by atoms with Gasteiger partial charge in [-0.15, -0.1) is 11.3 Å². The van der Waals surface area contributed by atoms with Gasteiger partial charge in [0.15, 0.2) is 11.5 Å². The minimum absolute atomic E-state index is 0.0235. The van der Waals surface area contributed by atoms with Crippen molar-refractivity contribution >= 4 is 50.8 Å². The van der Waals surface area contributed by atoms with E-state index in [1.54, 1.807) is 36.4 Å². The number of carbonyl (C=O) groups excluding carboxylic acids is 1. The number of hydrogen-bond acceptors (Lipinski definition) is 7. The van der Waals surface area contributed by atoms with Gasteiger partial charge in [-0.3, -0.25) is 14.9 Å². The number of carbonyl (C=O) groups is 1. The van der Waals surface area contributed by atoms with Crippen LogP contribution >= 0.6 is 22.9 Å². The summed E-state index contributed by atoms with van der Waals surface area (Å²) in [5, 5.41) is 16.2. The third-order valence-electron chi connectivity index (χ3n) is 4.92. The Morgan fingerprint density at radius 1 is 1.11 bits per heavy atom. The first-order chi connectivity index (χ1) is 16.9. The Kier molecular flexibility index (Phi) is 7.59. The van der Waals surface area contributed by atoms with E-state index in [0.717, 1.165) is 10.3 Å². The summed E-state index contributed by atoms with van der Waals surface area (Å²) in [5.41, 5.74) is 4.02. The predicted octanol–water partition coefficient (Wildman–Crippen LogP) is 6.20. The van der Waals surface area contributed by atoms with Crippen LogP contribution in [0.3, 0.4) is 0 Å². The lowest BCUT2D eigenvalue weighted by atomic mass is 10.2. The quantitative estimate of drug-likeness (QED) is 0.164. The third-order valence-corrected chi connectivity index (χ3v) is 6.41. The van der Waals surface area contributed by atoms with Gasteiger partial charge in [0.25, 0.3) is 11.6 Å². The highest BCUT2D eigenvalue weighted by Gasteiger charge is 2.13. The highest BCUT2D eigenvalue weighted by molar-refractivity contribution is 7.20. The maximum Gasteiger partial charge on any atom is 0.281 e. The van der Waals surface area contributed by atoms with E-state index in [9.17, 15) is 14.9 Å². The van der Waals surface area contributed by atoms with Crippen LogP contribution in [-0.4, -0.2) is 23.7 Å². The number of fused-ring (bicyclic) bond motifs is 1. The maximum atomic E-state index is 12.5. The van der Waals surface area contributed by atoms with Gasteiger partial charge < -0.3 is 9.47 Å². The molecule has 0 spiro atoms. The van der Waals surface area contributed by atoms with E-state index < -0.39 is 10.8 Å². The zero-order valence-electron chi connectivity index (χ0n) is 18.6. The molecule has 0 aliphatic carbocycles. The molecule has 4 aromatic rings. The summed E-state index contributed by atoms with van der Waals surface area (Å²) in [6.45, 7) is 2.61. The fourth-order valence-electron chi connectivity index (χ4n) is 3.24. The minimum atomic E-state index is -0.467. The van der Waals surface area contributed by atoms with Gasteiger partial charge in [0.1, 0.15) is 6.61 Å². The molecule has 1 heterocycles. The number of non-ortho nitro benzene ring substituents is 1. The number of nitro benzene ring substituents is 1. The van der Waals surface area contributed by atoms with Crippen LogP contribution in [0.4, 0.5) is 5.69 Å². The van der Waals surface area contributed by atoms with Crippen LogP contribution in [0.2, 0.25) is 5.02 Å². The summed E-state index contributed by atoms with van der Waals surface area (Å²) in [4.78, 5) is 23.4. The number of nitrogens with one attached hydrogen (secondary N) is 1. The first-order valence-corrected chi connectivity index (χ1v) is 11.8. The number of nitrogens with zero attached hydrogens (tertiary/aromatic N) is 2. The minimum Gasteiger partial charge on any atom is -0.490 e. The van der Waals surface area contributed by atoms with Crippen molar-refractivity contribution in [2.24, 2.45) is 5.10 Å². The van der Waals surface area contributed by atoms with Gasteiger partial charge in [0.05, 0.1) is 22.6 Å². The van der Waals surface area contributed by atoms with Crippen LogP contribution in [0.5, 0.6) is 11.5 Å². The monoisotopic (exact) mass is 509 g/mol. The normalized spacial score (nSPS) is 11.0. The SMILES string of the molecule is CCOc1cc(/C=N\NC(=O)c2cc3cc([N+](=O)[O-])ccc3s2)ccc1OCc1ccccc1Cl. The number of rotatable bonds is 9. The molecule has 4 rings (SSSR count). The van der Waals surface area contributed by atoms with E-state index in [1.807, 2.05) is 25.1 Å². The lowest BCUT2D eigenvalue weighted by Crippen LogP contribution is -2.16. The highest BCUT2D eigenvalue weighted by atomic mass is 35.5. The number of halogens is 1. The van der Waals surface area contributed by atoms with Crippen molar-refractivity contribution in [2.45, 2.75) is 13.5 Å². The molecule has 1 N–H and O–H groups in total. The molecule has 35 heavy (non-hydrogen) atoms. The largest absolute Gasteiger partial charge is 0.490 e. The number of nitro groups is 1.